The van der Waals surface area contributed by atoms with Gasteiger partial charge in [-0.2, -0.15) is 5.26 Å². The number of nitriles is 1. The highest BCUT2D eigenvalue weighted by Gasteiger charge is 2.17. The summed E-state index contributed by atoms with van der Waals surface area (Å²) in [6, 6.07) is 12.2. The molecule has 0 atom stereocenters. The zero-order valence-corrected chi connectivity index (χ0v) is 12.0. The summed E-state index contributed by atoms with van der Waals surface area (Å²) in [5.74, 6) is 0.212. The first kappa shape index (κ1) is 13.6. The number of para-hydroxylation sites is 1. The molecule has 0 unspecified atom stereocenters. The number of hydrogen-bond acceptors (Lipinski definition) is 2. The molecule has 0 aliphatic carbocycles. The zero-order valence-electron chi connectivity index (χ0n) is 11.3. The minimum absolute atomic E-state index is 0.00794. The maximum Gasteiger partial charge on any atom is 0.143 e. The molecule has 0 aliphatic rings. The first-order chi connectivity index (χ1) is 10.2. The maximum atomic E-state index is 13.9. The number of fused-ring (bicyclic) bond motifs is 1. The van der Waals surface area contributed by atoms with E-state index in [-0.39, 0.29) is 11.4 Å². The molecule has 0 spiro atoms. The summed E-state index contributed by atoms with van der Waals surface area (Å²) in [7, 11) is 0. The Hall–Kier alpha value is -2.38. The van der Waals surface area contributed by atoms with E-state index in [1.807, 2.05) is 31.2 Å². The third-order valence-corrected chi connectivity index (χ3v) is 3.65. The van der Waals surface area contributed by atoms with Gasteiger partial charge in [0.2, 0.25) is 0 Å². The van der Waals surface area contributed by atoms with Crippen LogP contribution in [0.2, 0.25) is 0 Å². The molecular formula is C16H11ClFN3. The number of aromatic nitrogens is 2. The van der Waals surface area contributed by atoms with Gasteiger partial charge in [0.1, 0.15) is 23.3 Å². The van der Waals surface area contributed by atoms with Crippen LogP contribution in [0.3, 0.4) is 0 Å². The van der Waals surface area contributed by atoms with Crippen molar-refractivity contribution in [1.29, 1.82) is 5.26 Å². The second-order valence-corrected chi connectivity index (χ2v) is 4.95. The van der Waals surface area contributed by atoms with Crippen LogP contribution < -0.4 is 0 Å². The van der Waals surface area contributed by atoms with Gasteiger partial charge in [-0.25, -0.2) is 9.37 Å². The van der Waals surface area contributed by atoms with Crippen LogP contribution in [0.4, 0.5) is 4.39 Å². The lowest BCUT2D eigenvalue weighted by Crippen LogP contribution is -2.04. The molecule has 1 heterocycles. The van der Waals surface area contributed by atoms with Gasteiger partial charge in [0.15, 0.2) is 0 Å². The highest BCUT2D eigenvalue weighted by molar-refractivity contribution is 6.17. The van der Waals surface area contributed by atoms with E-state index in [1.54, 1.807) is 16.7 Å². The van der Waals surface area contributed by atoms with E-state index >= 15 is 0 Å². The summed E-state index contributed by atoms with van der Waals surface area (Å²) in [4.78, 5) is 4.47. The Morgan fingerprint density at radius 2 is 2.05 bits per heavy atom. The smallest absolute Gasteiger partial charge is 0.143 e. The first-order valence-corrected chi connectivity index (χ1v) is 6.92. The monoisotopic (exact) mass is 299 g/mol. The summed E-state index contributed by atoms with van der Waals surface area (Å²) in [5.41, 5.74) is 3.06. The predicted molar refractivity (Wildman–Crippen MR) is 80.0 cm³/mol. The van der Waals surface area contributed by atoms with E-state index in [4.69, 9.17) is 11.6 Å². The van der Waals surface area contributed by atoms with Crippen LogP contribution in [0, 0.1) is 24.1 Å². The highest BCUT2D eigenvalue weighted by Crippen LogP contribution is 2.28. The normalized spacial score (nSPS) is 10.8. The average molecular weight is 300 g/mol. The zero-order chi connectivity index (χ0) is 15.0. The Morgan fingerprint density at radius 3 is 2.76 bits per heavy atom. The Bertz CT molecular complexity index is 877. The Kier molecular flexibility index (Phi) is 3.36. The van der Waals surface area contributed by atoms with Crippen LogP contribution in [0.5, 0.6) is 0 Å². The third kappa shape index (κ3) is 2.07. The number of imidazole rings is 1. The van der Waals surface area contributed by atoms with E-state index in [9.17, 15) is 9.65 Å². The number of hydrogen-bond donors (Lipinski definition) is 0. The van der Waals surface area contributed by atoms with Crippen LogP contribution in [0.15, 0.2) is 36.4 Å². The molecule has 5 heteroatoms. The van der Waals surface area contributed by atoms with Gasteiger partial charge in [0.25, 0.3) is 0 Å². The van der Waals surface area contributed by atoms with Gasteiger partial charge in [-0.3, -0.25) is 4.57 Å². The van der Waals surface area contributed by atoms with Crippen molar-refractivity contribution >= 4 is 22.6 Å². The molecule has 0 radical (unpaired) electrons. The maximum absolute atomic E-state index is 13.9. The summed E-state index contributed by atoms with van der Waals surface area (Å²) < 4.78 is 15.7. The molecule has 3 rings (SSSR count). The first-order valence-electron chi connectivity index (χ1n) is 6.39. The van der Waals surface area contributed by atoms with Gasteiger partial charge in [-0.05, 0) is 30.7 Å². The van der Waals surface area contributed by atoms with E-state index < -0.39 is 5.82 Å². The molecule has 0 aliphatic heterocycles. The Balaban J connectivity index is 2.46. The van der Waals surface area contributed by atoms with Crippen LogP contribution >= 0.6 is 11.6 Å². The van der Waals surface area contributed by atoms with E-state index in [0.717, 1.165) is 16.6 Å². The Labute approximate surface area is 126 Å². The number of alkyl halides is 1. The molecule has 2 aromatic carbocycles. The third-order valence-electron chi connectivity index (χ3n) is 3.41. The van der Waals surface area contributed by atoms with Gasteiger partial charge < -0.3 is 0 Å². The van der Waals surface area contributed by atoms with E-state index in [0.29, 0.717) is 11.5 Å². The van der Waals surface area contributed by atoms with Crippen molar-refractivity contribution in [2.45, 2.75) is 12.8 Å². The molecule has 21 heavy (non-hydrogen) atoms. The lowest BCUT2D eigenvalue weighted by atomic mass is 10.1. The molecular weight excluding hydrogens is 289 g/mol. The van der Waals surface area contributed by atoms with Crippen LogP contribution in [-0.4, -0.2) is 9.55 Å². The average Bonchev–Trinajstić information content (AvgIpc) is 2.86. The van der Waals surface area contributed by atoms with Gasteiger partial charge in [0, 0.05) is 0 Å². The van der Waals surface area contributed by atoms with Gasteiger partial charge in [-0.15, -0.1) is 11.6 Å². The fourth-order valence-corrected chi connectivity index (χ4v) is 2.68. The minimum Gasteiger partial charge on any atom is -0.294 e. The summed E-state index contributed by atoms with van der Waals surface area (Å²) in [6.45, 7) is 1.95. The van der Waals surface area contributed by atoms with Gasteiger partial charge in [0.05, 0.1) is 22.6 Å². The largest absolute Gasteiger partial charge is 0.294 e. The predicted octanol–water partition coefficient (Wildman–Crippen LogP) is 4.08. The lowest BCUT2D eigenvalue weighted by molar-refractivity contribution is 0.622. The molecule has 1 aromatic heterocycles. The second kappa shape index (κ2) is 5.19. The molecule has 0 N–H and O–H groups in total. The van der Waals surface area contributed by atoms with Crippen molar-refractivity contribution < 1.29 is 4.39 Å². The van der Waals surface area contributed by atoms with Crippen molar-refractivity contribution in [3.63, 3.8) is 0 Å². The highest BCUT2D eigenvalue weighted by atomic mass is 35.5. The lowest BCUT2D eigenvalue weighted by Gasteiger charge is -2.11. The Morgan fingerprint density at radius 1 is 1.29 bits per heavy atom. The van der Waals surface area contributed by atoms with Gasteiger partial charge >= 0.3 is 0 Å². The topological polar surface area (TPSA) is 41.6 Å². The minimum atomic E-state index is -0.550. The SMILES string of the molecule is Cc1cccc2nc(CCl)n(-c3cccc(F)c3C#N)c12. The molecule has 0 saturated carbocycles. The number of aryl methyl sites for hydroxylation is 1. The van der Waals surface area contributed by atoms with Crippen molar-refractivity contribution in [2.24, 2.45) is 0 Å². The fourth-order valence-electron chi connectivity index (χ4n) is 2.50. The van der Waals surface area contributed by atoms with Crippen molar-refractivity contribution in [3.8, 4) is 11.8 Å². The van der Waals surface area contributed by atoms with Crippen LogP contribution in [0.1, 0.15) is 17.0 Å². The fraction of sp³-hybridized carbons (Fsp3) is 0.125. The van der Waals surface area contributed by atoms with Crippen molar-refractivity contribution in [2.75, 3.05) is 0 Å². The quantitative estimate of drug-likeness (QED) is 0.669. The number of nitrogens with zero attached hydrogens (tertiary/aromatic N) is 3. The summed E-state index contributed by atoms with van der Waals surface area (Å²) in [6.07, 6.45) is 0. The number of benzene rings is 2. The molecule has 0 fully saturated rings. The van der Waals surface area contributed by atoms with Gasteiger partial charge in [-0.1, -0.05) is 18.2 Å². The molecule has 0 saturated heterocycles. The second-order valence-electron chi connectivity index (χ2n) is 4.69. The molecule has 104 valence electrons. The van der Waals surface area contributed by atoms with E-state index in [1.165, 1.54) is 6.07 Å². The van der Waals surface area contributed by atoms with Crippen molar-refractivity contribution in [3.05, 3.63) is 59.2 Å². The molecule has 0 amide bonds. The summed E-state index contributed by atoms with van der Waals surface area (Å²) in [5, 5.41) is 9.25. The number of halogens is 2. The number of rotatable bonds is 2. The molecule has 3 nitrogen and oxygen atoms in total. The van der Waals surface area contributed by atoms with Crippen molar-refractivity contribution in [1.82, 2.24) is 9.55 Å². The van der Waals surface area contributed by atoms with E-state index in [2.05, 4.69) is 4.98 Å². The molecule has 3 aromatic rings. The van der Waals surface area contributed by atoms with Crippen LogP contribution in [0.25, 0.3) is 16.7 Å². The summed E-state index contributed by atoms with van der Waals surface area (Å²) >= 11 is 5.98. The van der Waals surface area contributed by atoms with Crippen LogP contribution in [-0.2, 0) is 5.88 Å². The standard InChI is InChI=1S/C16H11ClFN3/c1-10-4-2-6-13-16(10)21(15(8-17)20-13)14-7-3-5-12(18)11(14)9-19/h2-7H,8H2,1H3. The molecule has 0 bridgehead atoms.